The lowest BCUT2D eigenvalue weighted by molar-refractivity contribution is 0.376. The molecule has 0 spiro atoms. The molecule has 0 aliphatic heterocycles. The van der Waals surface area contributed by atoms with Crippen LogP contribution >= 0.6 is 0 Å². The minimum Gasteiger partial charge on any atom is -0.0985 e. The lowest BCUT2D eigenvalue weighted by Crippen LogP contribution is -2.19. The zero-order valence-electron chi connectivity index (χ0n) is 27.2. The van der Waals surface area contributed by atoms with Crippen molar-refractivity contribution < 1.29 is 0 Å². The first-order valence-electron chi connectivity index (χ1n) is 15.3. The normalized spacial score (nSPS) is 21.1. The van der Waals surface area contributed by atoms with Gasteiger partial charge in [0.25, 0.3) is 0 Å². The summed E-state index contributed by atoms with van der Waals surface area (Å²) >= 11 is 0. The second-order valence-corrected chi connectivity index (χ2v) is 13.2. The lowest BCUT2D eigenvalue weighted by Gasteiger charge is -2.32. The van der Waals surface area contributed by atoms with Gasteiger partial charge in [-0.1, -0.05) is 117 Å². The monoisotopic (exact) mass is 534 g/mol. The van der Waals surface area contributed by atoms with E-state index in [0.717, 1.165) is 12.0 Å². The van der Waals surface area contributed by atoms with Gasteiger partial charge in [0.1, 0.15) is 0 Å². The van der Waals surface area contributed by atoms with E-state index in [-0.39, 0.29) is 16.7 Å². The van der Waals surface area contributed by atoms with Gasteiger partial charge in [0.05, 0.1) is 0 Å². The van der Waals surface area contributed by atoms with E-state index in [1.54, 1.807) is 5.57 Å². The molecule has 0 saturated carbocycles. The predicted molar refractivity (Wildman–Crippen MR) is 179 cm³/mol. The molecule has 0 N–H and O–H groups in total. The first kappa shape index (κ1) is 33.2. The van der Waals surface area contributed by atoms with Gasteiger partial charge in [-0.3, -0.25) is 0 Å². The fraction of sp³-hybridized carbons (Fsp3) is 0.500. The Labute approximate surface area is 247 Å². The Morgan fingerprint density at radius 3 is 1.95 bits per heavy atom. The highest BCUT2D eigenvalue weighted by molar-refractivity contribution is 5.40. The first-order valence-corrected chi connectivity index (χ1v) is 15.3. The number of allylic oxidation sites excluding steroid dienone is 16. The zero-order chi connectivity index (χ0) is 29.8. The summed E-state index contributed by atoms with van der Waals surface area (Å²) in [5.74, 6) is 13.3. The summed E-state index contributed by atoms with van der Waals surface area (Å²) < 4.78 is 0. The summed E-state index contributed by atoms with van der Waals surface area (Å²) in [5, 5.41) is 0. The molecule has 0 heterocycles. The molecule has 0 fully saturated rings. The second kappa shape index (κ2) is 15.7. The molecule has 0 amide bonds. The maximum Gasteiger partial charge on any atom is 0.0357 e. The van der Waals surface area contributed by atoms with Gasteiger partial charge >= 0.3 is 0 Å². The van der Waals surface area contributed by atoms with Gasteiger partial charge in [-0.15, -0.1) is 0 Å². The van der Waals surface area contributed by atoms with Crippen molar-refractivity contribution in [2.45, 2.75) is 114 Å². The molecular weight excluding hydrogens is 480 g/mol. The molecule has 40 heavy (non-hydrogen) atoms. The Balaban J connectivity index is 1.86. The molecule has 0 nitrogen and oxygen atoms in total. The molecule has 2 aliphatic rings. The third-order valence-corrected chi connectivity index (χ3v) is 8.28. The third-order valence-electron chi connectivity index (χ3n) is 8.28. The number of hydrogen-bond donors (Lipinski definition) is 0. The maximum absolute atomic E-state index is 3.33. The van der Waals surface area contributed by atoms with E-state index in [9.17, 15) is 0 Å². The topological polar surface area (TPSA) is 0 Å². The maximum atomic E-state index is 3.33. The standard InChI is InChI=1S/C40H54/c1-31(19-13-21-33(3)25-27-37-35(5)23-15-29-39(37,7)8)17-11-12-18-32(2)20-14-22-34(4)26-28-38-36(6)24-16-30-40(38,9)10/h14,17,20-22,25-28,32H,11,15-16,23-24,29-30H2,1-10H3/b20-14?,27-25+,28-26+,31-17+,33-21+,34-22+. The summed E-state index contributed by atoms with van der Waals surface area (Å²) in [6.45, 7) is 22.5. The molecule has 1 atom stereocenters. The van der Waals surface area contributed by atoms with E-state index in [4.69, 9.17) is 0 Å². The van der Waals surface area contributed by atoms with Gasteiger partial charge in [0.15, 0.2) is 0 Å². The molecule has 0 saturated heterocycles. The SMILES string of the molecule is CC1=C(/C=C/C(C)=C/C#C/C(C)=C/CC#CC(C)C=C/C=C(C)/C=C/C2=C(C)CCCC2(C)C)C(C)(C)CCC1. The zero-order valence-corrected chi connectivity index (χ0v) is 27.2. The molecule has 0 bridgehead atoms. The van der Waals surface area contributed by atoms with Crippen LogP contribution in [0.1, 0.15) is 114 Å². The molecule has 0 aromatic heterocycles. The summed E-state index contributed by atoms with van der Waals surface area (Å²) in [7, 11) is 0. The van der Waals surface area contributed by atoms with Crippen LogP contribution in [-0.2, 0) is 0 Å². The van der Waals surface area contributed by atoms with Gasteiger partial charge in [-0.2, -0.15) is 0 Å². The van der Waals surface area contributed by atoms with Crippen LogP contribution in [0.15, 0.2) is 93.7 Å². The van der Waals surface area contributed by atoms with Crippen LogP contribution < -0.4 is 0 Å². The van der Waals surface area contributed by atoms with Crippen molar-refractivity contribution in [2.24, 2.45) is 16.7 Å². The quantitative estimate of drug-likeness (QED) is 0.225. The van der Waals surface area contributed by atoms with Crippen molar-refractivity contribution in [1.29, 1.82) is 0 Å². The summed E-state index contributed by atoms with van der Waals surface area (Å²) in [6.07, 6.45) is 28.0. The van der Waals surface area contributed by atoms with E-state index < -0.39 is 0 Å². The van der Waals surface area contributed by atoms with Gasteiger partial charge < -0.3 is 0 Å². The van der Waals surface area contributed by atoms with Crippen molar-refractivity contribution >= 4 is 0 Å². The molecular formula is C40H54. The largest absolute Gasteiger partial charge is 0.0985 e. The first-order chi connectivity index (χ1) is 18.8. The lowest BCUT2D eigenvalue weighted by atomic mass is 9.72. The van der Waals surface area contributed by atoms with E-state index in [1.807, 2.05) is 6.08 Å². The van der Waals surface area contributed by atoms with E-state index in [1.165, 1.54) is 66.4 Å². The fourth-order valence-electron chi connectivity index (χ4n) is 5.71. The van der Waals surface area contributed by atoms with Crippen molar-refractivity contribution in [1.82, 2.24) is 0 Å². The van der Waals surface area contributed by atoms with Crippen LogP contribution in [0.4, 0.5) is 0 Å². The highest BCUT2D eigenvalue weighted by atomic mass is 14.3. The third kappa shape index (κ3) is 11.3. The summed E-state index contributed by atoms with van der Waals surface area (Å²) in [6, 6.07) is 0. The van der Waals surface area contributed by atoms with Crippen molar-refractivity contribution in [3.05, 3.63) is 93.7 Å². The average Bonchev–Trinajstić information content (AvgIpc) is 2.85. The Hall–Kier alpha value is -2.96. The Morgan fingerprint density at radius 2 is 1.40 bits per heavy atom. The van der Waals surface area contributed by atoms with Gasteiger partial charge in [-0.05, 0) is 119 Å². The van der Waals surface area contributed by atoms with E-state index >= 15 is 0 Å². The molecule has 2 rings (SSSR count). The molecule has 0 aromatic rings. The fourth-order valence-corrected chi connectivity index (χ4v) is 5.71. The Bertz CT molecular complexity index is 1260. The molecule has 214 valence electrons. The minimum absolute atomic E-state index is 0.223. The predicted octanol–water partition coefficient (Wildman–Crippen LogP) is 11.6. The van der Waals surface area contributed by atoms with Crippen molar-refractivity contribution in [3.8, 4) is 23.7 Å². The second-order valence-electron chi connectivity index (χ2n) is 13.2. The smallest absolute Gasteiger partial charge is 0.0357 e. The van der Waals surface area contributed by atoms with Crippen molar-refractivity contribution in [2.75, 3.05) is 0 Å². The molecule has 0 heteroatoms. The van der Waals surface area contributed by atoms with Crippen LogP contribution in [0.25, 0.3) is 0 Å². The number of hydrogen-bond acceptors (Lipinski definition) is 0. The van der Waals surface area contributed by atoms with Gasteiger partial charge in [0, 0.05) is 12.3 Å². The molecule has 0 aromatic carbocycles. The van der Waals surface area contributed by atoms with Crippen LogP contribution in [0, 0.1) is 40.4 Å². The Kier molecular flexibility index (Phi) is 13.1. The average molecular weight is 535 g/mol. The number of rotatable bonds is 7. The van der Waals surface area contributed by atoms with Crippen LogP contribution in [0.2, 0.25) is 0 Å². The molecule has 1 unspecified atom stereocenters. The van der Waals surface area contributed by atoms with Crippen LogP contribution in [0.3, 0.4) is 0 Å². The molecule has 0 radical (unpaired) electrons. The van der Waals surface area contributed by atoms with E-state index in [0.29, 0.717) is 0 Å². The summed E-state index contributed by atoms with van der Waals surface area (Å²) in [4.78, 5) is 0. The van der Waals surface area contributed by atoms with Gasteiger partial charge in [0.2, 0.25) is 0 Å². The van der Waals surface area contributed by atoms with Crippen LogP contribution in [-0.4, -0.2) is 0 Å². The van der Waals surface area contributed by atoms with Crippen molar-refractivity contribution in [3.63, 3.8) is 0 Å². The van der Waals surface area contributed by atoms with Gasteiger partial charge in [-0.25, -0.2) is 0 Å². The Morgan fingerprint density at radius 1 is 0.850 bits per heavy atom. The van der Waals surface area contributed by atoms with E-state index in [2.05, 4.69) is 142 Å². The highest BCUT2D eigenvalue weighted by Gasteiger charge is 2.27. The minimum atomic E-state index is 0.223. The summed E-state index contributed by atoms with van der Waals surface area (Å²) in [5.41, 5.74) is 10.2. The van der Waals surface area contributed by atoms with Crippen LogP contribution in [0.5, 0.6) is 0 Å². The molecule has 2 aliphatic carbocycles. The highest BCUT2D eigenvalue weighted by Crippen LogP contribution is 2.41.